The van der Waals surface area contributed by atoms with Gasteiger partial charge in [0.25, 0.3) is 5.69 Å². The van der Waals surface area contributed by atoms with Gasteiger partial charge in [-0.3, -0.25) is 10.1 Å². The molecule has 8 heteroatoms. The van der Waals surface area contributed by atoms with E-state index in [9.17, 15) is 18.5 Å². The second-order valence-electron chi connectivity index (χ2n) is 6.90. The highest BCUT2D eigenvalue weighted by Gasteiger charge is 2.32. The Labute approximate surface area is 149 Å². The van der Waals surface area contributed by atoms with Crippen LogP contribution in [0.4, 0.5) is 5.69 Å². The molecule has 0 bridgehead atoms. The number of nitro benzene ring substituents is 1. The molecule has 0 amide bonds. The first kappa shape index (κ1) is 19.8. The quantitative estimate of drug-likeness (QED) is 0.520. The summed E-state index contributed by atoms with van der Waals surface area (Å²) < 4.78 is 27.7. The van der Waals surface area contributed by atoms with E-state index in [0.29, 0.717) is 25.6 Å². The van der Waals surface area contributed by atoms with E-state index in [0.717, 1.165) is 25.7 Å². The molecule has 25 heavy (non-hydrogen) atoms. The maximum absolute atomic E-state index is 13.1. The lowest BCUT2D eigenvalue weighted by molar-refractivity contribution is -0.387. The SMILES string of the molecule is CN(C)CCN(CC1CCCCC1)S(=O)(=O)c1ccccc1[N+](=O)[O-]. The molecule has 0 radical (unpaired) electrons. The maximum atomic E-state index is 13.1. The van der Waals surface area contributed by atoms with Crippen LogP contribution >= 0.6 is 0 Å². The van der Waals surface area contributed by atoms with Gasteiger partial charge in [-0.15, -0.1) is 0 Å². The number of benzene rings is 1. The van der Waals surface area contributed by atoms with Crippen LogP contribution < -0.4 is 0 Å². The molecular weight excluding hydrogens is 342 g/mol. The van der Waals surface area contributed by atoms with Gasteiger partial charge < -0.3 is 4.90 Å². The molecule has 1 fully saturated rings. The van der Waals surface area contributed by atoms with Crippen LogP contribution in [-0.4, -0.2) is 56.3 Å². The van der Waals surface area contributed by atoms with Crippen molar-refractivity contribution in [1.82, 2.24) is 9.21 Å². The Morgan fingerprint density at radius 3 is 2.36 bits per heavy atom. The molecule has 0 unspecified atom stereocenters. The molecule has 0 spiro atoms. The number of likely N-dealkylation sites (N-methyl/N-ethyl adjacent to an activating group) is 1. The lowest BCUT2D eigenvalue weighted by Gasteiger charge is -2.29. The number of hydrogen-bond acceptors (Lipinski definition) is 5. The molecule has 1 aliphatic carbocycles. The summed E-state index contributed by atoms with van der Waals surface area (Å²) in [6.45, 7) is 1.34. The van der Waals surface area contributed by atoms with Crippen LogP contribution in [-0.2, 0) is 10.0 Å². The van der Waals surface area contributed by atoms with Gasteiger partial charge in [-0.2, -0.15) is 4.31 Å². The zero-order valence-corrected chi connectivity index (χ0v) is 15.7. The normalized spacial score (nSPS) is 16.5. The number of para-hydroxylation sites is 1. The Bertz CT molecular complexity index is 685. The van der Waals surface area contributed by atoms with Crippen molar-refractivity contribution in [2.45, 2.75) is 37.0 Å². The summed E-state index contributed by atoms with van der Waals surface area (Å²) in [6, 6.07) is 5.60. The predicted octanol–water partition coefficient (Wildman–Crippen LogP) is 2.73. The molecule has 1 aliphatic rings. The second-order valence-corrected chi connectivity index (χ2v) is 8.80. The molecule has 140 valence electrons. The van der Waals surface area contributed by atoms with Crippen molar-refractivity contribution in [2.24, 2.45) is 5.92 Å². The molecule has 1 aromatic rings. The average molecular weight is 369 g/mol. The monoisotopic (exact) mass is 369 g/mol. The molecule has 0 aliphatic heterocycles. The van der Waals surface area contributed by atoms with Crippen molar-refractivity contribution in [1.29, 1.82) is 0 Å². The van der Waals surface area contributed by atoms with E-state index >= 15 is 0 Å². The van der Waals surface area contributed by atoms with Gasteiger partial charge in [0.15, 0.2) is 4.90 Å². The van der Waals surface area contributed by atoms with Crippen molar-refractivity contribution in [3.8, 4) is 0 Å². The summed E-state index contributed by atoms with van der Waals surface area (Å²) in [5.41, 5.74) is -0.360. The first-order valence-electron chi connectivity index (χ1n) is 8.70. The van der Waals surface area contributed by atoms with Crippen LogP contribution in [0, 0.1) is 16.0 Å². The zero-order valence-electron chi connectivity index (χ0n) is 14.9. The van der Waals surface area contributed by atoms with E-state index in [1.165, 1.54) is 35.0 Å². The molecule has 0 saturated heterocycles. The zero-order chi connectivity index (χ0) is 18.4. The lowest BCUT2D eigenvalue weighted by atomic mass is 9.89. The predicted molar refractivity (Wildman–Crippen MR) is 97.0 cm³/mol. The second kappa shape index (κ2) is 8.73. The molecule has 0 atom stereocenters. The number of nitrogens with zero attached hydrogens (tertiary/aromatic N) is 3. The third-order valence-corrected chi connectivity index (χ3v) is 6.58. The Morgan fingerprint density at radius 1 is 1.12 bits per heavy atom. The van der Waals surface area contributed by atoms with E-state index in [1.807, 2.05) is 19.0 Å². The fraction of sp³-hybridized carbons (Fsp3) is 0.647. The lowest BCUT2D eigenvalue weighted by Crippen LogP contribution is -2.40. The summed E-state index contributed by atoms with van der Waals surface area (Å²) in [6.07, 6.45) is 5.48. The maximum Gasteiger partial charge on any atom is 0.289 e. The van der Waals surface area contributed by atoms with Gasteiger partial charge in [0.05, 0.1) is 4.92 Å². The number of hydrogen-bond donors (Lipinski definition) is 0. The molecule has 1 aromatic carbocycles. The summed E-state index contributed by atoms with van der Waals surface area (Å²) >= 11 is 0. The minimum absolute atomic E-state index is 0.213. The Hall–Kier alpha value is -1.51. The highest BCUT2D eigenvalue weighted by molar-refractivity contribution is 7.89. The van der Waals surface area contributed by atoms with Crippen LogP contribution in [0.5, 0.6) is 0 Å². The first-order valence-corrected chi connectivity index (χ1v) is 10.1. The van der Waals surface area contributed by atoms with Crippen LogP contribution in [0.1, 0.15) is 32.1 Å². The molecule has 0 aromatic heterocycles. The topological polar surface area (TPSA) is 83.8 Å². The van der Waals surface area contributed by atoms with Crippen LogP contribution in [0.3, 0.4) is 0 Å². The summed E-state index contributed by atoms with van der Waals surface area (Å²) in [4.78, 5) is 12.3. The van der Waals surface area contributed by atoms with Crippen molar-refractivity contribution < 1.29 is 13.3 Å². The minimum Gasteiger partial charge on any atom is -0.308 e. The molecule has 0 N–H and O–H groups in total. The summed E-state index contributed by atoms with van der Waals surface area (Å²) in [5.74, 6) is 0.327. The van der Waals surface area contributed by atoms with E-state index in [4.69, 9.17) is 0 Å². The fourth-order valence-electron chi connectivity index (χ4n) is 3.24. The van der Waals surface area contributed by atoms with Gasteiger partial charge in [-0.25, -0.2) is 8.42 Å². The molecule has 7 nitrogen and oxygen atoms in total. The Kier molecular flexibility index (Phi) is 6.92. The van der Waals surface area contributed by atoms with Crippen molar-refractivity contribution >= 4 is 15.7 Å². The van der Waals surface area contributed by atoms with Crippen molar-refractivity contribution in [2.75, 3.05) is 33.7 Å². The van der Waals surface area contributed by atoms with Crippen LogP contribution in [0.25, 0.3) is 0 Å². The number of sulfonamides is 1. The van der Waals surface area contributed by atoms with Gasteiger partial charge in [0, 0.05) is 25.7 Å². The highest BCUT2D eigenvalue weighted by Crippen LogP contribution is 2.30. The first-order chi connectivity index (χ1) is 11.8. The largest absolute Gasteiger partial charge is 0.308 e. The average Bonchev–Trinajstić information content (AvgIpc) is 2.59. The summed E-state index contributed by atoms with van der Waals surface area (Å²) in [7, 11) is -0.136. The number of rotatable bonds is 8. The Balaban J connectivity index is 2.31. The summed E-state index contributed by atoms with van der Waals surface area (Å²) in [5, 5.41) is 11.3. The van der Waals surface area contributed by atoms with Gasteiger partial charge in [-0.05, 0) is 38.9 Å². The van der Waals surface area contributed by atoms with E-state index in [-0.39, 0.29) is 10.6 Å². The van der Waals surface area contributed by atoms with Gasteiger partial charge >= 0.3 is 0 Å². The van der Waals surface area contributed by atoms with Crippen molar-refractivity contribution in [3.05, 3.63) is 34.4 Å². The van der Waals surface area contributed by atoms with E-state index in [2.05, 4.69) is 0 Å². The Morgan fingerprint density at radius 2 is 1.76 bits per heavy atom. The fourth-order valence-corrected chi connectivity index (χ4v) is 4.91. The van der Waals surface area contributed by atoms with Gasteiger partial charge in [0.2, 0.25) is 10.0 Å². The smallest absolute Gasteiger partial charge is 0.289 e. The van der Waals surface area contributed by atoms with E-state index < -0.39 is 14.9 Å². The van der Waals surface area contributed by atoms with E-state index in [1.54, 1.807) is 0 Å². The van der Waals surface area contributed by atoms with Crippen molar-refractivity contribution in [3.63, 3.8) is 0 Å². The molecule has 1 saturated carbocycles. The van der Waals surface area contributed by atoms with Crippen LogP contribution in [0.2, 0.25) is 0 Å². The number of nitro groups is 1. The molecule has 0 heterocycles. The third-order valence-electron chi connectivity index (χ3n) is 4.66. The minimum atomic E-state index is -3.91. The van der Waals surface area contributed by atoms with Gasteiger partial charge in [0.1, 0.15) is 0 Å². The molecular formula is C17H27N3O4S. The highest BCUT2D eigenvalue weighted by atomic mass is 32.2. The third kappa shape index (κ3) is 5.23. The van der Waals surface area contributed by atoms with Crippen LogP contribution in [0.15, 0.2) is 29.2 Å². The standard InChI is InChI=1S/C17H27N3O4S/c1-18(2)12-13-19(14-15-8-4-3-5-9-15)25(23,24)17-11-7-6-10-16(17)20(21)22/h6-7,10-11,15H,3-5,8-9,12-14H2,1-2H3. The van der Waals surface area contributed by atoms with Gasteiger partial charge in [-0.1, -0.05) is 31.4 Å². The molecule has 2 rings (SSSR count).